The Morgan fingerprint density at radius 2 is 1.48 bits per heavy atom. The van der Waals surface area contributed by atoms with Gasteiger partial charge in [-0.2, -0.15) is 0 Å². The van der Waals surface area contributed by atoms with Crippen LogP contribution in [-0.2, 0) is 14.3 Å². The van der Waals surface area contributed by atoms with E-state index in [-0.39, 0.29) is 6.42 Å². The minimum Gasteiger partial charge on any atom is -0.480 e. The van der Waals surface area contributed by atoms with E-state index in [0.717, 1.165) is 6.42 Å². The Morgan fingerprint density at radius 1 is 0.939 bits per heavy atom. The highest BCUT2D eigenvalue weighted by Crippen LogP contribution is 2.17. The van der Waals surface area contributed by atoms with Crippen LogP contribution in [0.15, 0.2) is 0 Å². The first kappa shape index (κ1) is 30.5. The average molecular weight is 471 g/mol. The van der Waals surface area contributed by atoms with Gasteiger partial charge in [-0.1, -0.05) is 0 Å². The zero-order chi connectivity index (χ0) is 25.3. The summed E-state index contributed by atoms with van der Waals surface area (Å²) in [6.45, 7) is 8.96. The molecule has 0 saturated heterocycles. The lowest BCUT2D eigenvalue weighted by atomic mass is 9.93. The second-order valence-corrected chi connectivity index (χ2v) is 9.09. The van der Waals surface area contributed by atoms with Crippen molar-refractivity contribution in [3.63, 3.8) is 0 Å². The van der Waals surface area contributed by atoms with Crippen molar-refractivity contribution < 1.29 is 24.2 Å². The molecule has 0 aromatic carbocycles. The molecule has 0 saturated carbocycles. The smallest absolute Gasteiger partial charge is 0.408 e. The van der Waals surface area contributed by atoms with Crippen LogP contribution in [0.1, 0.15) is 66.2 Å². The molecule has 0 aliphatic rings. The van der Waals surface area contributed by atoms with Crippen LogP contribution in [0.2, 0.25) is 0 Å². The van der Waals surface area contributed by atoms with Gasteiger partial charge in [0, 0.05) is 25.5 Å². The molecule has 0 rings (SSSR count). The largest absolute Gasteiger partial charge is 0.480 e. The zero-order valence-electron chi connectivity index (χ0n) is 20.4. The van der Waals surface area contributed by atoms with Gasteiger partial charge >= 0.3 is 12.1 Å². The Kier molecular flexibility index (Phi) is 14.9. The lowest BCUT2D eigenvalue weighted by molar-refractivity contribution is -0.143. The molecule has 2 unspecified atom stereocenters. The molecule has 7 N–H and O–H groups in total. The van der Waals surface area contributed by atoms with Crippen LogP contribution >= 0.6 is 0 Å². The minimum absolute atomic E-state index is 0.253. The molecule has 0 aromatic rings. The van der Waals surface area contributed by atoms with Gasteiger partial charge in [0.25, 0.3) is 0 Å². The van der Waals surface area contributed by atoms with Crippen molar-refractivity contribution in [2.24, 2.45) is 0 Å². The summed E-state index contributed by atoms with van der Waals surface area (Å²) in [7, 11) is 0. The highest BCUT2D eigenvalue weighted by Gasteiger charge is 2.37. The number of hydrogen-bond donors (Lipinski definition) is 7. The van der Waals surface area contributed by atoms with Crippen molar-refractivity contribution in [1.82, 2.24) is 21.3 Å². The fourth-order valence-corrected chi connectivity index (χ4v) is 3.01. The van der Waals surface area contributed by atoms with E-state index in [1.807, 2.05) is 0 Å². The fourth-order valence-electron chi connectivity index (χ4n) is 3.01. The van der Waals surface area contributed by atoms with Crippen LogP contribution in [0.5, 0.6) is 0 Å². The standard InChI is InChI=1S/C22H42N6O5/c1-21(2,3)33-20(32)28-22(4,10-6-8-14-26-16-12-24)19(31)27-17(18(29)30)9-5-7-13-25-15-11-23/h11-12,17,23-26H,5-10,13-16H2,1-4H3,(H,27,31)(H,28,32)(H,29,30). The number of hydrogen-bond acceptors (Lipinski definition) is 8. The van der Waals surface area contributed by atoms with E-state index in [2.05, 4.69) is 21.3 Å². The first-order valence-electron chi connectivity index (χ1n) is 11.4. The average Bonchev–Trinajstić information content (AvgIpc) is 2.70. The van der Waals surface area contributed by atoms with Gasteiger partial charge in [0.1, 0.15) is 17.2 Å². The second kappa shape index (κ2) is 16.1. The molecular weight excluding hydrogens is 428 g/mol. The fraction of sp³-hybridized carbons (Fsp3) is 0.773. The third-order valence-corrected chi connectivity index (χ3v) is 4.75. The lowest BCUT2D eigenvalue weighted by Gasteiger charge is -2.32. The predicted octanol–water partition coefficient (Wildman–Crippen LogP) is 1.66. The zero-order valence-corrected chi connectivity index (χ0v) is 20.4. The van der Waals surface area contributed by atoms with E-state index in [4.69, 9.17) is 15.6 Å². The molecule has 2 atom stereocenters. The number of carboxylic acid groups (broad SMARTS) is 1. The number of amides is 2. The van der Waals surface area contributed by atoms with E-state index >= 15 is 0 Å². The van der Waals surface area contributed by atoms with E-state index in [0.29, 0.717) is 51.9 Å². The van der Waals surface area contributed by atoms with Gasteiger partial charge in [0.15, 0.2) is 0 Å². The van der Waals surface area contributed by atoms with Gasteiger partial charge in [0.2, 0.25) is 5.91 Å². The van der Waals surface area contributed by atoms with Crippen molar-refractivity contribution in [3.8, 4) is 0 Å². The number of carbonyl (C=O) groups is 3. The number of carboxylic acids is 1. The maximum atomic E-state index is 13.1. The van der Waals surface area contributed by atoms with Crippen molar-refractivity contribution in [3.05, 3.63) is 0 Å². The summed E-state index contributed by atoms with van der Waals surface area (Å²) in [5.74, 6) is -1.71. The number of ether oxygens (including phenoxy) is 1. The Morgan fingerprint density at radius 3 is 1.97 bits per heavy atom. The van der Waals surface area contributed by atoms with E-state index in [1.165, 1.54) is 12.4 Å². The molecule has 11 heteroatoms. The summed E-state index contributed by atoms with van der Waals surface area (Å²) < 4.78 is 5.30. The molecular formula is C22H42N6O5. The van der Waals surface area contributed by atoms with Gasteiger partial charge < -0.3 is 41.9 Å². The van der Waals surface area contributed by atoms with Gasteiger partial charge in [-0.3, -0.25) is 4.79 Å². The predicted molar refractivity (Wildman–Crippen MR) is 128 cm³/mol. The molecule has 0 spiro atoms. The number of carbonyl (C=O) groups excluding carboxylic acids is 2. The van der Waals surface area contributed by atoms with Crippen molar-refractivity contribution in [2.45, 2.75) is 83.4 Å². The minimum atomic E-state index is -1.34. The molecule has 190 valence electrons. The molecule has 0 aliphatic heterocycles. The maximum absolute atomic E-state index is 13.1. The molecule has 0 radical (unpaired) electrons. The first-order chi connectivity index (χ1) is 15.4. The molecule has 0 aromatic heterocycles. The Bertz CT molecular complexity index is 637. The molecule has 11 nitrogen and oxygen atoms in total. The monoisotopic (exact) mass is 470 g/mol. The highest BCUT2D eigenvalue weighted by atomic mass is 16.6. The SMILES string of the molecule is CC(C)(C)OC(=O)NC(C)(CCCCNCC=N)C(=O)NC(CCCCNCC=N)C(=O)O. The normalized spacial score (nSPS) is 13.9. The summed E-state index contributed by atoms with van der Waals surface area (Å²) in [6, 6.07) is -1.07. The van der Waals surface area contributed by atoms with Crippen LogP contribution in [0.25, 0.3) is 0 Å². The summed E-state index contributed by atoms with van der Waals surface area (Å²) in [5.41, 5.74) is -2.09. The van der Waals surface area contributed by atoms with Crippen molar-refractivity contribution >= 4 is 30.4 Å². The van der Waals surface area contributed by atoms with E-state index < -0.39 is 35.2 Å². The molecule has 33 heavy (non-hydrogen) atoms. The molecule has 2 amide bonds. The highest BCUT2D eigenvalue weighted by molar-refractivity contribution is 5.92. The molecule has 0 heterocycles. The van der Waals surface area contributed by atoms with Crippen molar-refractivity contribution in [1.29, 1.82) is 10.8 Å². The third kappa shape index (κ3) is 15.0. The first-order valence-corrected chi connectivity index (χ1v) is 11.4. The van der Waals surface area contributed by atoms with Gasteiger partial charge in [-0.05, 0) is 79.3 Å². The topological polar surface area (TPSA) is 176 Å². The van der Waals surface area contributed by atoms with Crippen LogP contribution in [0.4, 0.5) is 4.79 Å². The third-order valence-electron chi connectivity index (χ3n) is 4.75. The quantitative estimate of drug-likeness (QED) is 0.118. The molecule has 0 fully saturated rings. The summed E-state index contributed by atoms with van der Waals surface area (Å²) in [5, 5.41) is 34.8. The Labute approximate surface area is 196 Å². The lowest BCUT2D eigenvalue weighted by Crippen LogP contribution is -2.60. The van der Waals surface area contributed by atoms with Gasteiger partial charge in [0.05, 0.1) is 0 Å². The number of unbranched alkanes of at least 4 members (excludes halogenated alkanes) is 2. The van der Waals surface area contributed by atoms with Crippen LogP contribution < -0.4 is 21.3 Å². The second-order valence-electron chi connectivity index (χ2n) is 9.09. The van der Waals surface area contributed by atoms with E-state index in [1.54, 1.807) is 27.7 Å². The number of nitrogens with one attached hydrogen (secondary N) is 6. The van der Waals surface area contributed by atoms with Gasteiger partial charge in [-0.15, -0.1) is 0 Å². The Balaban J connectivity index is 5.08. The number of aliphatic carboxylic acids is 1. The van der Waals surface area contributed by atoms with Gasteiger partial charge in [-0.25, -0.2) is 9.59 Å². The Hall–Kier alpha value is -2.53. The van der Waals surface area contributed by atoms with E-state index in [9.17, 15) is 19.5 Å². The van der Waals surface area contributed by atoms with Crippen molar-refractivity contribution in [2.75, 3.05) is 26.2 Å². The molecule has 0 bridgehead atoms. The number of alkyl carbamates (subject to hydrolysis) is 1. The molecule has 0 aliphatic carbocycles. The van der Waals surface area contributed by atoms with Crippen LogP contribution in [-0.4, -0.2) is 78.9 Å². The number of rotatable bonds is 18. The van der Waals surface area contributed by atoms with Crippen LogP contribution in [0.3, 0.4) is 0 Å². The summed E-state index contributed by atoms with van der Waals surface area (Å²) >= 11 is 0. The summed E-state index contributed by atoms with van der Waals surface area (Å²) in [4.78, 5) is 37.2. The van der Waals surface area contributed by atoms with Crippen LogP contribution in [0, 0.1) is 10.8 Å². The summed E-state index contributed by atoms with van der Waals surface area (Å²) in [6.07, 6.45) is 4.93. The maximum Gasteiger partial charge on any atom is 0.408 e.